The van der Waals surface area contributed by atoms with E-state index in [1.165, 1.54) is 0 Å². The molecular formula is C15H20N4O. The van der Waals surface area contributed by atoms with Gasteiger partial charge in [0.15, 0.2) is 0 Å². The van der Waals surface area contributed by atoms with E-state index in [9.17, 15) is 4.79 Å². The van der Waals surface area contributed by atoms with Gasteiger partial charge < -0.3 is 0 Å². The van der Waals surface area contributed by atoms with Gasteiger partial charge in [-0.05, 0) is 12.1 Å². The maximum Gasteiger partial charge on any atom is 0.233 e. The van der Waals surface area contributed by atoms with Crippen LogP contribution in [0, 0.1) is 5.41 Å². The summed E-state index contributed by atoms with van der Waals surface area (Å²) in [7, 11) is 3.61. The molecule has 1 amide bonds. The fraction of sp³-hybridized carbons (Fsp3) is 0.400. The van der Waals surface area contributed by atoms with Gasteiger partial charge in [-0.2, -0.15) is 5.10 Å². The second kappa shape index (κ2) is 5.07. The zero-order chi connectivity index (χ0) is 14.9. The number of nitrogens with zero attached hydrogens (tertiary/aromatic N) is 4. The van der Waals surface area contributed by atoms with E-state index in [0.717, 1.165) is 17.1 Å². The number of hydrogen-bond acceptors (Lipinski definition) is 3. The normalized spacial score (nSPS) is 11.4. The molecule has 0 radical (unpaired) electrons. The molecule has 5 nitrogen and oxygen atoms in total. The van der Waals surface area contributed by atoms with Gasteiger partial charge in [-0.3, -0.25) is 19.4 Å². The van der Waals surface area contributed by atoms with Gasteiger partial charge in [-0.15, -0.1) is 0 Å². The van der Waals surface area contributed by atoms with E-state index in [0.29, 0.717) is 0 Å². The molecule has 2 rings (SSSR count). The topological polar surface area (TPSA) is 51.0 Å². The Kier molecular flexibility index (Phi) is 3.61. The maximum absolute atomic E-state index is 12.3. The molecule has 0 atom stereocenters. The van der Waals surface area contributed by atoms with Crippen LogP contribution >= 0.6 is 0 Å². The molecule has 0 saturated heterocycles. The van der Waals surface area contributed by atoms with E-state index in [-0.39, 0.29) is 5.91 Å². The van der Waals surface area contributed by atoms with Gasteiger partial charge in [-0.1, -0.05) is 20.8 Å². The largest absolute Gasteiger partial charge is 0.300 e. The summed E-state index contributed by atoms with van der Waals surface area (Å²) in [5.41, 5.74) is 1.32. The molecule has 0 aliphatic carbocycles. The predicted molar refractivity (Wildman–Crippen MR) is 79.3 cm³/mol. The van der Waals surface area contributed by atoms with Crippen molar-refractivity contribution in [3.05, 3.63) is 30.6 Å². The van der Waals surface area contributed by atoms with Crippen LogP contribution < -0.4 is 4.90 Å². The summed E-state index contributed by atoms with van der Waals surface area (Å²) in [5, 5.41) is 4.45. The SMILES string of the molecule is CN(C(=O)C(C)(C)C)c1cc(-c2cccnc2)nn1C. The van der Waals surface area contributed by atoms with Crippen LogP contribution in [0.1, 0.15) is 20.8 Å². The fourth-order valence-corrected chi connectivity index (χ4v) is 2.03. The molecule has 2 aromatic rings. The van der Waals surface area contributed by atoms with Crippen LogP contribution in [0.5, 0.6) is 0 Å². The molecule has 0 unspecified atom stereocenters. The summed E-state index contributed by atoms with van der Waals surface area (Å²) >= 11 is 0. The molecule has 0 bridgehead atoms. The third-order valence-corrected chi connectivity index (χ3v) is 3.10. The van der Waals surface area contributed by atoms with Crippen molar-refractivity contribution in [2.75, 3.05) is 11.9 Å². The van der Waals surface area contributed by atoms with Crippen LogP contribution in [0.25, 0.3) is 11.3 Å². The number of carbonyl (C=O) groups is 1. The van der Waals surface area contributed by atoms with Crippen molar-refractivity contribution in [3.8, 4) is 11.3 Å². The molecule has 106 valence electrons. The van der Waals surface area contributed by atoms with E-state index in [1.54, 1.807) is 29.0 Å². The minimum atomic E-state index is -0.423. The zero-order valence-electron chi connectivity index (χ0n) is 12.6. The van der Waals surface area contributed by atoms with Crippen molar-refractivity contribution in [2.45, 2.75) is 20.8 Å². The highest BCUT2D eigenvalue weighted by molar-refractivity contribution is 5.96. The lowest BCUT2D eigenvalue weighted by Crippen LogP contribution is -2.37. The Morgan fingerprint density at radius 2 is 2.05 bits per heavy atom. The van der Waals surface area contributed by atoms with Crippen molar-refractivity contribution in [1.29, 1.82) is 0 Å². The molecule has 0 N–H and O–H groups in total. The minimum absolute atomic E-state index is 0.0539. The van der Waals surface area contributed by atoms with Crippen molar-refractivity contribution in [1.82, 2.24) is 14.8 Å². The maximum atomic E-state index is 12.3. The van der Waals surface area contributed by atoms with Crippen LogP contribution in [0.4, 0.5) is 5.82 Å². The number of aryl methyl sites for hydroxylation is 1. The Labute approximate surface area is 119 Å². The number of carbonyl (C=O) groups excluding carboxylic acids is 1. The average molecular weight is 272 g/mol. The number of anilines is 1. The van der Waals surface area contributed by atoms with Gasteiger partial charge in [0, 0.05) is 43.5 Å². The van der Waals surface area contributed by atoms with Crippen LogP contribution in [0.2, 0.25) is 0 Å². The van der Waals surface area contributed by atoms with E-state index < -0.39 is 5.41 Å². The third-order valence-electron chi connectivity index (χ3n) is 3.10. The first-order valence-electron chi connectivity index (χ1n) is 6.53. The second-order valence-electron chi connectivity index (χ2n) is 5.87. The van der Waals surface area contributed by atoms with E-state index in [2.05, 4.69) is 10.1 Å². The number of rotatable bonds is 2. The first kappa shape index (κ1) is 14.2. The molecule has 2 aromatic heterocycles. The van der Waals surface area contributed by atoms with Crippen molar-refractivity contribution >= 4 is 11.7 Å². The highest BCUT2D eigenvalue weighted by Gasteiger charge is 2.27. The van der Waals surface area contributed by atoms with Gasteiger partial charge in [0.1, 0.15) is 5.82 Å². The summed E-state index contributed by atoms with van der Waals surface area (Å²) in [5.74, 6) is 0.821. The standard InChI is InChI=1S/C15H20N4O/c1-15(2,3)14(20)18(4)13-9-12(17-19(13)5)11-7-6-8-16-10-11/h6-10H,1-5H3. The van der Waals surface area contributed by atoms with Crippen molar-refractivity contribution in [3.63, 3.8) is 0 Å². The Balaban J connectivity index is 2.36. The van der Waals surface area contributed by atoms with Crippen LogP contribution in [-0.2, 0) is 11.8 Å². The molecule has 0 spiro atoms. The van der Waals surface area contributed by atoms with Crippen molar-refractivity contribution in [2.24, 2.45) is 12.5 Å². The molecule has 2 heterocycles. The lowest BCUT2D eigenvalue weighted by atomic mass is 9.95. The van der Waals surface area contributed by atoms with E-state index in [4.69, 9.17) is 0 Å². The lowest BCUT2D eigenvalue weighted by Gasteiger charge is -2.25. The lowest BCUT2D eigenvalue weighted by molar-refractivity contribution is -0.125. The summed E-state index contributed by atoms with van der Waals surface area (Å²) in [4.78, 5) is 18.1. The van der Waals surface area contributed by atoms with Gasteiger partial charge in [-0.25, -0.2) is 0 Å². The van der Waals surface area contributed by atoms with Crippen LogP contribution in [-0.4, -0.2) is 27.7 Å². The van der Waals surface area contributed by atoms with Gasteiger partial charge in [0.2, 0.25) is 5.91 Å². The zero-order valence-corrected chi connectivity index (χ0v) is 12.6. The van der Waals surface area contributed by atoms with Crippen LogP contribution in [0.3, 0.4) is 0 Å². The predicted octanol–water partition coefficient (Wildman–Crippen LogP) is 2.49. The highest BCUT2D eigenvalue weighted by Crippen LogP contribution is 2.25. The van der Waals surface area contributed by atoms with Crippen molar-refractivity contribution < 1.29 is 4.79 Å². The number of amides is 1. The quantitative estimate of drug-likeness (QED) is 0.844. The smallest absolute Gasteiger partial charge is 0.233 e. The monoisotopic (exact) mass is 272 g/mol. The van der Waals surface area contributed by atoms with Gasteiger partial charge in [0.05, 0.1) is 5.69 Å². The second-order valence-corrected chi connectivity index (χ2v) is 5.87. The average Bonchev–Trinajstić information content (AvgIpc) is 2.79. The Morgan fingerprint density at radius 3 is 2.60 bits per heavy atom. The molecule has 0 aliphatic heterocycles. The van der Waals surface area contributed by atoms with E-state index in [1.807, 2.05) is 46.0 Å². The van der Waals surface area contributed by atoms with Crippen LogP contribution in [0.15, 0.2) is 30.6 Å². The molecule has 0 aromatic carbocycles. The number of pyridine rings is 1. The fourth-order valence-electron chi connectivity index (χ4n) is 2.03. The third kappa shape index (κ3) is 2.71. The Hall–Kier alpha value is -2.17. The summed E-state index contributed by atoms with van der Waals surface area (Å²) in [6.45, 7) is 5.72. The Morgan fingerprint density at radius 1 is 1.35 bits per heavy atom. The first-order chi connectivity index (χ1) is 9.30. The molecule has 20 heavy (non-hydrogen) atoms. The molecule has 0 aliphatic rings. The van der Waals surface area contributed by atoms with E-state index >= 15 is 0 Å². The summed E-state index contributed by atoms with van der Waals surface area (Å²) < 4.78 is 1.71. The number of aromatic nitrogens is 3. The molecule has 0 saturated carbocycles. The Bertz CT molecular complexity index is 611. The molecule has 0 fully saturated rings. The van der Waals surface area contributed by atoms with Gasteiger partial charge in [0.25, 0.3) is 0 Å². The summed E-state index contributed by atoms with van der Waals surface area (Å²) in [6.07, 6.45) is 3.49. The van der Waals surface area contributed by atoms with Gasteiger partial charge >= 0.3 is 0 Å². The first-order valence-corrected chi connectivity index (χ1v) is 6.53. The molecular weight excluding hydrogens is 252 g/mol. The number of hydrogen-bond donors (Lipinski definition) is 0. The minimum Gasteiger partial charge on any atom is -0.300 e. The summed E-state index contributed by atoms with van der Waals surface area (Å²) in [6, 6.07) is 5.72. The highest BCUT2D eigenvalue weighted by atomic mass is 16.2. The molecule has 5 heteroatoms.